The molecule has 3 aromatic heterocycles. The van der Waals surface area contributed by atoms with Crippen LogP contribution in [0.4, 0.5) is 0 Å². The van der Waals surface area contributed by atoms with Gasteiger partial charge >= 0.3 is 0 Å². The van der Waals surface area contributed by atoms with Gasteiger partial charge in [-0.2, -0.15) is 0 Å². The third kappa shape index (κ3) is 5.00. The summed E-state index contributed by atoms with van der Waals surface area (Å²) in [4.78, 5) is 20.4. The summed E-state index contributed by atoms with van der Waals surface area (Å²) in [7, 11) is 0. The molecule has 6 rings (SSSR count). The monoisotopic (exact) mass is 527 g/mol. The molecule has 1 aliphatic rings. The molecule has 0 saturated carbocycles. The Balaban J connectivity index is 1.25. The van der Waals surface area contributed by atoms with Gasteiger partial charge in [0.25, 0.3) is 0 Å². The van der Waals surface area contributed by atoms with E-state index in [4.69, 9.17) is 4.98 Å². The van der Waals surface area contributed by atoms with Crippen LogP contribution in [0, 0.1) is 0 Å². The SMILES string of the molecule is C[C@@H](CCc1ccccc1)NC(=O)CSc1nnc2c3c4c(sc3nc(-c3ccccc3)n12)CCCC4. The minimum Gasteiger partial charge on any atom is -0.353 e. The van der Waals surface area contributed by atoms with Crippen LogP contribution in [0.1, 0.15) is 42.2 Å². The first-order valence-corrected chi connectivity index (χ1v) is 14.7. The number of nitrogens with zero attached hydrogens (tertiary/aromatic N) is 4. The van der Waals surface area contributed by atoms with Crippen molar-refractivity contribution in [3.05, 3.63) is 76.7 Å². The first-order chi connectivity index (χ1) is 18.2. The number of nitrogens with one attached hydrogen (secondary N) is 1. The second-order valence-electron chi connectivity index (χ2n) is 9.62. The second kappa shape index (κ2) is 10.6. The highest BCUT2D eigenvalue weighted by molar-refractivity contribution is 7.99. The quantitative estimate of drug-likeness (QED) is 0.246. The van der Waals surface area contributed by atoms with Crippen molar-refractivity contribution in [3.63, 3.8) is 0 Å². The molecule has 6 nitrogen and oxygen atoms in total. The average molecular weight is 528 g/mol. The summed E-state index contributed by atoms with van der Waals surface area (Å²) in [6, 6.07) is 20.7. The number of carbonyl (C=O) groups is 1. The number of aromatic nitrogens is 4. The summed E-state index contributed by atoms with van der Waals surface area (Å²) in [5.74, 6) is 1.11. The van der Waals surface area contributed by atoms with E-state index in [9.17, 15) is 4.79 Å². The third-order valence-electron chi connectivity index (χ3n) is 6.91. The van der Waals surface area contributed by atoms with Crippen molar-refractivity contribution in [3.8, 4) is 11.4 Å². The number of rotatable bonds is 8. The van der Waals surface area contributed by atoms with Gasteiger partial charge in [-0.25, -0.2) is 4.98 Å². The molecule has 0 bridgehead atoms. The van der Waals surface area contributed by atoms with Crippen LogP contribution in [-0.2, 0) is 24.1 Å². The summed E-state index contributed by atoms with van der Waals surface area (Å²) in [5, 5.41) is 14.2. The molecule has 0 aliphatic heterocycles. The van der Waals surface area contributed by atoms with Crippen molar-refractivity contribution >= 4 is 44.9 Å². The van der Waals surface area contributed by atoms with E-state index < -0.39 is 0 Å². The first-order valence-electron chi connectivity index (χ1n) is 12.9. The molecule has 5 aromatic rings. The van der Waals surface area contributed by atoms with Gasteiger partial charge in [0.05, 0.1) is 11.1 Å². The van der Waals surface area contributed by atoms with Crippen LogP contribution in [-0.4, -0.2) is 37.3 Å². The fraction of sp³-hybridized carbons (Fsp3) is 0.310. The lowest BCUT2D eigenvalue weighted by Crippen LogP contribution is -2.34. The van der Waals surface area contributed by atoms with Crippen LogP contribution >= 0.6 is 23.1 Å². The van der Waals surface area contributed by atoms with Gasteiger partial charge < -0.3 is 5.32 Å². The maximum atomic E-state index is 12.8. The molecule has 0 unspecified atom stereocenters. The van der Waals surface area contributed by atoms with E-state index in [2.05, 4.69) is 63.2 Å². The van der Waals surface area contributed by atoms with Crippen molar-refractivity contribution in [1.82, 2.24) is 24.9 Å². The van der Waals surface area contributed by atoms with Gasteiger partial charge in [0.2, 0.25) is 5.91 Å². The summed E-state index contributed by atoms with van der Waals surface area (Å²) in [5.41, 5.74) is 4.54. The van der Waals surface area contributed by atoms with Gasteiger partial charge in [-0.05, 0) is 56.6 Å². The zero-order valence-corrected chi connectivity index (χ0v) is 22.4. The maximum absolute atomic E-state index is 12.8. The number of amides is 1. The average Bonchev–Trinajstić information content (AvgIpc) is 3.52. The molecule has 0 spiro atoms. The highest BCUT2D eigenvalue weighted by Crippen LogP contribution is 2.39. The van der Waals surface area contributed by atoms with Crippen LogP contribution in [0.3, 0.4) is 0 Å². The molecule has 2 aromatic carbocycles. The minimum absolute atomic E-state index is 0.00511. The summed E-state index contributed by atoms with van der Waals surface area (Å²) in [6.07, 6.45) is 6.45. The van der Waals surface area contributed by atoms with Crippen LogP contribution in [0.25, 0.3) is 27.3 Å². The highest BCUT2D eigenvalue weighted by Gasteiger charge is 2.24. The molecular formula is C29H29N5OS2. The fourth-order valence-electron chi connectivity index (χ4n) is 5.05. The lowest BCUT2D eigenvalue weighted by atomic mass is 9.97. The van der Waals surface area contributed by atoms with Gasteiger partial charge in [0.1, 0.15) is 10.7 Å². The Labute approximate surface area is 224 Å². The zero-order chi connectivity index (χ0) is 25.2. The van der Waals surface area contributed by atoms with E-state index in [0.717, 1.165) is 52.9 Å². The molecule has 0 fully saturated rings. The largest absolute Gasteiger partial charge is 0.353 e. The number of thioether (sulfide) groups is 1. The van der Waals surface area contributed by atoms with Crippen LogP contribution < -0.4 is 5.32 Å². The van der Waals surface area contributed by atoms with Gasteiger partial charge in [0, 0.05) is 16.5 Å². The molecule has 1 N–H and O–H groups in total. The zero-order valence-electron chi connectivity index (χ0n) is 20.8. The predicted octanol–water partition coefficient (Wildman–Crippen LogP) is 6.11. The van der Waals surface area contributed by atoms with Gasteiger partial charge in [-0.1, -0.05) is 72.4 Å². The topological polar surface area (TPSA) is 72.2 Å². The Morgan fingerprint density at radius 2 is 1.81 bits per heavy atom. The normalized spacial score (nSPS) is 14.1. The summed E-state index contributed by atoms with van der Waals surface area (Å²) in [6.45, 7) is 2.06. The molecule has 1 amide bonds. The Morgan fingerprint density at radius 3 is 2.62 bits per heavy atom. The first kappa shape index (κ1) is 24.1. The lowest BCUT2D eigenvalue weighted by molar-refractivity contribution is -0.119. The van der Waals surface area contributed by atoms with Gasteiger partial charge in [-0.3, -0.25) is 9.20 Å². The van der Waals surface area contributed by atoms with Crippen LogP contribution in [0.2, 0.25) is 0 Å². The number of carbonyl (C=O) groups excluding carboxylic acids is 1. The van der Waals surface area contributed by atoms with E-state index >= 15 is 0 Å². The number of hydrogen-bond acceptors (Lipinski definition) is 6. The number of thiophene rings is 1. The maximum Gasteiger partial charge on any atom is 0.230 e. The standard InChI is InChI=1S/C29H29N5OS2/c1-19(16-17-20-10-4-2-5-11-20)30-24(35)18-36-29-33-32-27-25-22-14-8-9-15-23(22)37-28(25)31-26(34(27)29)21-12-6-3-7-13-21/h2-7,10-13,19H,8-9,14-18H2,1H3,(H,30,35)/t19-/m0/s1. The van der Waals surface area contributed by atoms with E-state index in [0.29, 0.717) is 5.16 Å². The molecule has 1 atom stereocenters. The molecule has 1 aliphatic carbocycles. The lowest BCUT2D eigenvalue weighted by Gasteiger charge is -2.14. The van der Waals surface area contributed by atoms with Crippen molar-refractivity contribution < 1.29 is 4.79 Å². The van der Waals surface area contributed by atoms with Crippen LogP contribution in [0.15, 0.2) is 65.8 Å². The number of benzene rings is 2. The molecule has 188 valence electrons. The molecule has 8 heteroatoms. The van der Waals surface area contributed by atoms with Gasteiger partial charge in [-0.15, -0.1) is 21.5 Å². The predicted molar refractivity (Wildman–Crippen MR) is 151 cm³/mol. The van der Waals surface area contributed by atoms with E-state index in [1.54, 1.807) is 11.3 Å². The second-order valence-corrected chi connectivity index (χ2v) is 11.6. The summed E-state index contributed by atoms with van der Waals surface area (Å²) >= 11 is 3.22. The fourth-order valence-corrected chi connectivity index (χ4v) is 7.05. The van der Waals surface area contributed by atoms with Crippen molar-refractivity contribution in [2.75, 3.05) is 5.75 Å². The van der Waals surface area contributed by atoms with Crippen molar-refractivity contribution in [2.24, 2.45) is 0 Å². The molecule has 0 saturated heterocycles. The molecule has 3 heterocycles. The Hall–Kier alpha value is -3.23. The van der Waals surface area contributed by atoms with Gasteiger partial charge in [0.15, 0.2) is 10.8 Å². The summed E-state index contributed by atoms with van der Waals surface area (Å²) < 4.78 is 2.05. The Morgan fingerprint density at radius 1 is 1.05 bits per heavy atom. The third-order valence-corrected chi connectivity index (χ3v) is 9.02. The van der Waals surface area contributed by atoms with Crippen molar-refractivity contribution in [1.29, 1.82) is 0 Å². The molecular weight excluding hydrogens is 498 g/mol. The van der Waals surface area contributed by atoms with Crippen LogP contribution in [0.5, 0.6) is 0 Å². The van der Waals surface area contributed by atoms with Crippen molar-refractivity contribution in [2.45, 2.75) is 56.6 Å². The Kier molecular flexibility index (Phi) is 6.93. The molecule has 37 heavy (non-hydrogen) atoms. The Bertz CT molecular complexity index is 1540. The van der Waals surface area contributed by atoms with E-state index in [1.807, 2.05) is 24.3 Å². The smallest absolute Gasteiger partial charge is 0.230 e. The number of aryl methyl sites for hydroxylation is 3. The number of hydrogen-bond donors (Lipinski definition) is 1. The minimum atomic E-state index is 0.00511. The highest BCUT2D eigenvalue weighted by atomic mass is 32.2. The van der Waals surface area contributed by atoms with E-state index in [-0.39, 0.29) is 17.7 Å². The number of fused-ring (bicyclic) bond motifs is 5. The van der Waals surface area contributed by atoms with E-state index in [1.165, 1.54) is 40.6 Å². The molecule has 0 radical (unpaired) electrons.